The van der Waals surface area contributed by atoms with E-state index in [0.29, 0.717) is 13.1 Å². The molecule has 7 heteroatoms. The number of rotatable bonds is 2. The van der Waals surface area contributed by atoms with Gasteiger partial charge in [-0.15, -0.1) is 0 Å². The molecule has 1 unspecified atom stereocenters. The fourth-order valence-corrected chi connectivity index (χ4v) is 2.09. The standard InChI is InChI=1S/C11H17N5O2/c1-15-2-3-16(8(4-12)7-15)11(18)9-5-14-10(17)6-13-9/h5-6,8H,2-4,7,12H2,1H3,(H,14,17). The molecule has 1 aliphatic heterocycles. The molecule has 18 heavy (non-hydrogen) atoms. The quantitative estimate of drug-likeness (QED) is 0.666. The summed E-state index contributed by atoms with van der Waals surface area (Å²) in [5, 5.41) is 0. The van der Waals surface area contributed by atoms with Gasteiger partial charge in [0.15, 0.2) is 0 Å². The Kier molecular flexibility index (Phi) is 3.73. The summed E-state index contributed by atoms with van der Waals surface area (Å²) in [5.74, 6) is -0.185. The van der Waals surface area contributed by atoms with Crippen molar-refractivity contribution in [2.75, 3.05) is 33.2 Å². The Balaban J connectivity index is 2.17. The van der Waals surface area contributed by atoms with Crippen molar-refractivity contribution in [2.45, 2.75) is 6.04 Å². The van der Waals surface area contributed by atoms with Gasteiger partial charge in [-0.25, -0.2) is 4.98 Å². The van der Waals surface area contributed by atoms with Gasteiger partial charge in [0.2, 0.25) is 0 Å². The smallest absolute Gasteiger partial charge is 0.274 e. The fourth-order valence-electron chi connectivity index (χ4n) is 2.09. The summed E-state index contributed by atoms with van der Waals surface area (Å²) in [5.41, 5.74) is 5.63. The van der Waals surface area contributed by atoms with E-state index in [4.69, 9.17) is 5.73 Å². The van der Waals surface area contributed by atoms with Crippen molar-refractivity contribution in [1.29, 1.82) is 0 Å². The zero-order chi connectivity index (χ0) is 13.1. The average Bonchev–Trinajstić information content (AvgIpc) is 2.38. The molecular formula is C11H17N5O2. The summed E-state index contributed by atoms with van der Waals surface area (Å²) < 4.78 is 0. The van der Waals surface area contributed by atoms with E-state index in [-0.39, 0.29) is 23.2 Å². The van der Waals surface area contributed by atoms with Gasteiger partial charge in [0.1, 0.15) is 5.69 Å². The van der Waals surface area contributed by atoms with E-state index in [1.165, 1.54) is 6.20 Å². The molecule has 2 rings (SSSR count). The lowest BCUT2D eigenvalue weighted by molar-refractivity contribution is 0.0509. The van der Waals surface area contributed by atoms with Crippen molar-refractivity contribution in [1.82, 2.24) is 19.8 Å². The summed E-state index contributed by atoms with van der Waals surface area (Å²) in [4.78, 5) is 33.3. The molecule has 0 bridgehead atoms. The van der Waals surface area contributed by atoms with Crippen LogP contribution in [0, 0.1) is 0 Å². The lowest BCUT2D eigenvalue weighted by Crippen LogP contribution is -2.56. The van der Waals surface area contributed by atoms with E-state index in [1.54, 1.807) is 4.90 Å². The van der Waals surface area contributed by atoms with E-state index in [2.05, 4.69) is 14.9 Å². The zero-order valence-electron chi connectivity index (χ0n) is 10.3. The number of hydrogen-bond donors (Lipinski definition) is 2. The molecule has 1 amide bonds. The molecule has 98 valence electrons. The van der Waals surface area contributed by atoms with Gasteiger partial charge in [-0.05, 0) is 7.05 Å². The highest BCUT2D eigenvalue weighted by atomic mass is 16.2. The van der Waals surface area contributed by atoms with Crippen molar-refractivity contribution in [3.8, 4) is 0 Å². The third kappa shape index (κ3) is 2.57. The van der Waals surface area contributed by atoms with Crippen LogP contribution in [-0.2, 0) is 0 Å². The lowest BCUT2D eigenvalue weighted by atomic mass is 10.1. The van der Waals surface area contributed by atoms with Crippen LogP contribution in [0.15, 0.2) is 17.2 Å². The van der Waals surface area contributed by atoms with Gasteiger partial charge < -0.3 is 20.5 Å². The monoisotopic (exact) mass is 251 g/mol. The van der Waals surface area contributed by atoms with Crippen LogP contribution in [0.2, 0.25) is 0 Å². The zero-order valence-corrected chi connectivity index (χ0v) is 10.3. The number of aromatic nitrogens is 2. The number of piperazine rings is 1. The number of carbonyl (C=O) groups is 1. The maximum Gasteiger partial charge on any atom is 0.274 e. The van der Waals surface area contributed by atoms with Crippen LogP contribution in [0.1, 0.15) is 10.5 Å². The second-order valence-electron chi connectivity index (χ2n) is 4.45. The Bertz CT molecular complexity index is 466. The number of carbonyl (C=O) groups excluding carboxylic acids is 1. The van der Waals surface area contributed by atoms with Crippen LogP contribution in [0.4, 0.5) is 0 Å². The number of hydrogen-bond acceptors (Lipinski definition) is 5. The molecule has 1 aromatic rings. The van der Waals surface area contributed by atoms with Crippen molar-refractivity contribution in [3.05, 3.63) is 28.4 Å². The van der Waals surface area contributed by atoms with E-state index in [0.717, 1.165) is 19.3 Å². The van der Waals surface area contributed by atoms with E-state index in [1.807, 2.05) is 7.05 Å². The minimum absolute atomic E-state index is 0.00928. The molecule has 1 aromatic heterocycles. The molecule has 0 radical (unpaired) electrons. The van der Waals surface area contributed by atoms with Gasteiger partial charge >= 0.3 is 0 Å². The summed E-state index contributed by atoms with van der Waals surface area (Å²) in [6, 6.07) is -0.00928. The number of aromatic amines is 1. The minimum Gasteiger partial charge on any atom is -0.330 e. The molecule has 0 aliphatic carbocycles. The topological polar surface area (TPSA) is 95.3 Å². The van der Waals surface area contributed by atoms with E-state index in [9.17, 15) is 9.59 Å². The van der Waals surface area contributed by atoms with E-state index < -0.39 is 0 Å². The Hall–Kier alpha value is -1.73. The predicted molar refractivity (Wildman–Crippen MR) is 66.2 cm³/mol. The SMILES string of the molecule is CN1CCN(C(=O)c2c[nH]c(=O)cn2)C(CN)C1. The third-order valence-electron chi connectivity index (χ3n) is 3.11. The Morgan fingerprint density at radius 2 is 2.39 bits per heavy atom. The highest BCUT2D eigenvalue weighted by Gasteiger charge is 2.29. The van der Waals surface area contributed by atoms with Crippen molar-refractivity contribution in [2.24, 2.45) is 5.73 Å². The van der Waals surface area contributed by atoms with Crippen LogP contribution >= 0.6 is 0 Å². The normalized spacial score (nSPS) is 21.0. The average molecular weight is 251 g/mol. The summed E-state index contributed by atoms with van der Waals surface area (Å²) in [6.45, 7) is 2.61. The van der Waals surface area contributed by atoms with Gasteiger partial charge in [0.25, 0.3) is 11.5 Å². The van der Waals surface area contributed by atoms with Crippen molar-refractivity contribution < 1.29 is 4.79 Å². The molecule has 1 saturated heterocycles. The van der Waals surface area contributed by atoms with Gasteiger partial charge in [-0.2, -0.15) is 0 Å². The van der Waals surface area contributed by atoms with Crippen LogP contribution in [0.5, 0.6) is 0 Å². The first-order valence-electron chi connectivity index (χ1n) is 5.86. The van der Waals surface area contributed by atoms with Crippen LogP contribution < -0.4 is 11.3 Å². The molecule has 1 fully saturated rings. The second-order valence-corrected chi connectivity index (χ2v) is 4.45. The first kappa shape index (κ1) is 12.7. The molecule has 7 nitrogen and oxygen atoms in total. The first-order valence-corrected chi connectivity index (χ1v) is 5.86. The van der Waals surface area contributed by atoms with Gasteiger partial charge in [-0.1, -0.05) is 0 Å². The number of likely N-dealkylation sites (N-methyl/N-ethyl adjacent to an activating group) is 1. The fraction of sp³-hybridized carbons (Fsp3) is 0.545. The third-order valence-corrected chi connectivity index (χ3v) is 3.11. The van der Waals surface area contributed by atoms with Crippen molar-refractivity contribution in [3.63, 3.8) is 0 Å². The Labute approximate surface area is 105 Å². The molecule has 0 spiro atoms. The molecule has 3 N–H and O–H groups in total. The molecule has 2 heterocycles. The highest BCUT2D eigenvalue weighted by Crippen LogP contribution is 2.10. The second kappa shape index (κ2) is 5.28. The summed E-state index contributed by atoms with van der Waals surface area (Å²) in [6.07, 6.45) is 2.46. The highest BCUT2D eigenvalue weighted by molar-refractivity contribution is 5.92. The van der Waals surface area contributed by atoms with Gasteiger partial charge in [0, 0.05) is 32.4 Å². The van der Waals surface area contributed by atoms with Crippen molar-refractivity contribution >= 4 is 5.91 Å². The Morgan fingerprint density at radius 3 is 3.00 bits per heavy atom. The number of nitrogens with zero attached hydrogens (tertiary/aromatic N) is 3. The maximum atomic E-state index is 12.3. The van der Waals surface area contributed by atoms with Crippen LogP contribution in [0.3, 0.4) is 0 Å². The molecular weight excluding hydrogens is 234 g/mol. The first-order chi connectivity index (χ1) is 8.61. The number of H-pyrrole nitrogens is 1. The number of nitrogens with two attached hydrogens (primary N) is 1. The molecule has 0 aromatic carbocycles. The number of amides is 1. The van der Waals surface area contributed by atoms with E-state index >= 15 is 0 Å². The summed E-state index contributed by atoms with van der Waals surface area (Å²) in [7, 11) is 2.00. The lowest BCUT2D eigenvalue weighted by Gasteiger charge is -2.39. The molecule has 0 saturated carbocycles. The van der Waals surface area contributed by atoms with Crippen LogP contribution in [0.25, 0.3) is 0 Å². The minimum atomic E-state index is -0.319. The predicted octanol–water partition coefficient (Wildman–Crippen LogP) is -1.52. The van der Waals surface area contributed by atoms with Gasteiger partial charge in [0.05, 0.1) is 12.2 Å². The Morgan fingerprint density at radius 1 is 1.61 bits per heavy atom. The molecule has 1 aliphatic rings. The maximum absolute atomic E-state index is 12.3. The largest absolute Gasteiger partial charge is 0.330 e. The summed E-state index contributed by atoms with van der Waals surface area (Å²) >= 11 is 0. The van der Waals surface area contributed by atoms with Crippen LogP contribution in [-0.4, -0.2) is 64.9 Å². The van der Waals surface area contributed by atoms with Gasteiger partial charge in [-0.3, -0.25) is 9.59 Å². The number of nitrogens with one attached hydrogen (secondary N) is 1. The molecule has 1 atom stereocenters.